The molecule has 2 rings (SSSR count). The van der Waals surface area contributed by atoms with Crippen molar-refractivity contribution in [3.05, 3.63) is 35.7 Å². The van der Waals surface area contributed by atoms with Gasteiger partial charge in [-0.1, -0.05) is 5.16 Å². The molecule has 0 fully saturated rings. The van der Waals surface area contributed by atoms with Crippen LogP contribution in [-0.4, -0.2) is 10.1 Å². The van der Waals surface area contributed by atoms with Crippen molar-refractivity contribution < 1.29 is 8.91 Å². The van der Waals surface area contributed by atoms with Crippen LogP contribution >= 0.6 is 0 Å². The van der Waals surface area contributed by atoms with Crippen LogP contribution in [0.4, 0.5) is 15.8 Å². The van der Waals surface area contributed by atoms with E-state index in [-0.39, 0.29) is 5.82 Å². The van der Waals surface area contributed by atoms with E-state index in [2.05, 4.69) is 15.5 Å². The predicted molar refractivity (Wildman–Crippen MR) is 57.2 cm³/mol. The molecule has 0 spiro atoms. The number of aryl methyl sites for hydroxylation is 1. The molecule has 1 heterocycles. The number of hydrogen-bond donors (Lipinski definition) is 2. The molecule has 16 heavy (non-hydrogen) atoms. The summed E-state index contributed by atoms with van der Waals surface area (Å²) < 4.78 is 17.8. The van der Waals surface area contributed by atoms with Gasteiger partial charge in [-0.2, -0.15) is 4.98 Å². The van der Waals surface area contributed by atoms with Gasteiger partial charge in [-0.3, -0.25) is 0 Å². The second-order valence-corrected chi connectivity index (χ2v) is 3.32. The average Bonchev–Trinajstić information content (AvgIpc) is 2.66. The predicted octanol–water partition coefficient (Wildman–Crippen LogP) is 1.71. The Morgan fingerprint density at radius 3 is 3.00 bits per heavy atom. The molecule has 6 heteroatoms. The van der Waals surface area contributed by atoms with Crippen LogP contribution < -0.4 is 11.1 Å². The van der Waals surface area contributed by atoms with Gasteiger partial charge in [0, 0.05) is 0 Å². The number of nitrogens with one attached hydrogen (secondary N) is 1. The molecule has 0 saturated heterocycles. The van der Waals surface area contributed by atoms with E-state index in [1.165, 1.54) is 18.2 Å². The van der Waals surface area contributed by atoms with E-state index in [1.807, 2.05) is 0 Å². The summed E-state index contributed by atoms with van der Waals surface area (Å²) in [6, 6.07) is 4.12. The van der Waals surface area contributed by atoms with E-state index in [0.717, 1.165) is 0 Å². The standard InChI is InChI=1S/C10H11FN4O/c1-6-14-10(16-15-6)5-13-9-4-7(11)2-3-8(9)12/h2-4,13H,5,12H2,1H3. The molecule has 3 N–H and O–H groups in total. The first-order valence-corrected chi connectivity index (χ1v) is 4.73. The van der Waals surface area contributed by atoms with Crippen molar-refractivity contribution in [3.63, 3.8) is 0 Å². The summed E-state index contributed by atoms with van der Waals surface area (Å²) in [6.45, 7) is 2.04. The van der Waals surface area contributed by atoms with Gasteiger partial charge in [0.15, 0.2) is 5.82 Å². The fourth-order valence-corrected chi connectivity index (χ4v) is 1.26. The van der Waals surface area contributed by atoms with Crippen molar-refractivity contribution in [2.45, 2.75) is 13.5 Å². The van der Waals surface area contributed by atoms with Crippen LogP contribution in [-0.2, 0) is 6.54 Å². The molecule has 0 amide bonds. The Labute approximate surface area is 91.5 Å². The normalized spacial score (nSPS) is 10.4. The highest BCUT2D eigenvalue weighted by Gasteiger charge is 2.04. The highest BCUT2D eigenvalue weighted by Crippen LogP contribution is 2.19. The van der Waals surface area contributed by atoms with E-state index < -0.39 is 0 Å². The minimum absolute atomic E-state index is 0.314. The average molecular weight is 222 g/mol. The zero-order valence-corrected chi connectivity index (χ0v) is 8.70. The second kappa shape index (κ2) is 4.18. The van der Waals surface area contributed by atoms with Crippen LogP contribution in [0.3, 0.4) is 0 Å². The molecule has 0 aliphatic carbocycles. The smallest absolute Gasteiger partial charge is 0.245 e. The van der Waals surface area contributed by atoms with E-state index >= 15 is 0 Å². The lowest BCUT2D eigenvalue weighted by atomic mass is 10.2. The number of aromatic nitrogens is 2. The maximum Gasteiger partial charge on any atom is 0.245 e. The second-order valence-electron chi connectivity index (χ2n) is 3.32. The van der Waals surface area contributed by atoms with Gasteiger partial charge in [-0.25, -0.2) is 4.39 Å². The Bertz CT molecular complexity index is 497. The lowest BCUT2D eigenvalue weighted by Gasteiger charge is -2.06. The van der Waals surface area contributed by atoms with Crippen LogP contribution in [0.2, 0.25) is 0 Å². The molecule has 1 aromatic carbocycles. The summed E-state index contributed by atoms with van der Waals surface area (Å²) in [6.07, 6.45) is 0. The van der Waals surface area contributed by atoms with Crippen molar-refractivity contribution in [2.75, 3.05) is 11.1 Å². The van der Waals surface area contributed by atoms with Gasteiger partial charge < -0.3 is 15.6 Å². The Kier molecular flexibility index (Phi) is 2.72. The molecule has 0 atom stereocenters. The molecule has 1 aromatic heterocycles. The number of benzene rings is 1. The summed E-state index contributed by atoms with van der Waals surface area (Å²) in [5.41, 5.74) is 6.64. The van der Waals surface area contributed by atoms with E-state index in [9.17, 15) is 4.39 Å². The largest absolute Gasteiger partial charge is 0.397 e. The molecule has 0 aliphatic heterocycles. The van der Waals surface area contributed by atoms with Crippen molar-refractivity contribution >= 4 is 11.4 Å². The van der Waals surface area contributed by atoms with Gasteiger partial charge in [0.2, 0.25) is 5.89 Å². The molecule has 0 saturated carbocycles. The molecule has 0 bridgehead atoms. The van der Waals surface area contributed by atoms with Crippen LogP contribution in [0.1, 0.15) is 11.7 Å². The number of rotatable bonds is 3. The number of nitrogen functional groups attached to an aromatic ring is 1. The van der Waals surface area contributed by atoms with Crippen molar-refractivity contribution in [1.82, 2.24) is 10.1 Å². The van der Waals surface area contributed by atoms with Crippen molar-refractivity contribution in [3.8, 4) is 0 Å². The molecular formula is C10H11FN4O. The molecular weight excluding hydrogens is 211 g/mol. The maximum absolute atomic E-state index is 12.9. The zero-order chi connectivity index (χ0) is 11.5. The van der Waals surface area contributed by atoms with Crippen LogP contribution in [0.25, 0.3) is 0 Å². The summed E-state index contributed by atoms with van der Waals surface area (Å²) in [7, 11) is 0. The first-order chi connectivity index (χ1) is 7.65. The van der Waals surface area contributed by atoms with Gasteiger partial charge in [0.1, 0.15) is 5.82 Å². The number of anilines is 2. The third-order valence-corrected chi connectivity index (χ3v) is 2.02. The quantitative estimate of drug-likeness (QED) is 0.773. The molecule has 5 nitrogen and oxygen atoms in total. The van der Waals surface area contributed by atoms with Gasteiger partial charge in [0.05, 0.1) is 17.9 Å². The fraction of sp³-hybridized carbons (Fsp3) is 0.200. The van der Waals surface area contributed by atoms with Crippen molar-refractivity contribution in [1.29, 1.82) is 0 Å². The fourth-order valence-electron chi connectivity index (χ4n) is 1.26. The minimum Gasteiger partial charge on any atom is -0.397 e. The Balaban J connectivity index is 2.07. The van der Waals surface area contributed by atoms with E-state index in [0.29, 0.717) is 29.6 Å². The van der Waals surface area contributed by atoms with Crippen LogP contribution in [0, 0.1) is 12.7 Å². The summed E-state index contributed by atoms with van der Waals surface area (Å²) in [5, 5.41) is 6.56. The van der Waals surface area contributed by atoms with Gasteiger partial charge in [-0.15, -0.1) is 0 Å². The zero-order valence-electron chi connectivity index (χ0n) is 8.70. The monoisotopic (exact) mass is 222 g/mol. The van der Waals surface area contributed by atoms with Gasteiger partial charge in [0.25, 0.3) is 0 Å². The summed E-state index contributed by atoms with van der Waals surface area (Å²) >= 11 is 0. The Morgan fingerprint density at radius 1 is 1.50 bits per heavy atom. The van der Waals surface area contributed by atoms with Crippen LogP contribution in [0.15, 0.2) is 22.7 Å². The number of nitrogens with two attached hydrogens (primary N) is 1. The minimum atomic E-state index is -0.349. The molecule has 84 valence electrons. The third-order valence-electron chi connectivity index (χ3n) is 2.02. The number of nitrogens with zero attached hydrogens (tertiary/aromatic N) is 2. The Morgan fingerprint density at radius 2 is 2.31 bits per heavy atom. The molecule has 2 aromatic rings. The lowest BCUT2D eigenvalue weighted by molar-refractivity contribution is 0.379. The Hall–Kier alpha value is -2.11. The maximum atomic E-state index is 12.9. The topological polar surface area (TPSA) is 77.0 Å². The molecule has 0 aliphatic rings. The first kappa shape index (κ1) is 10.4. The van der Waals surface area contributed by atoms with Crippen molar-refractivity contribution in [2.24, 2.45) is 0 Å². The van der Waals surface area contributed by atoms with Crippen LogP contribution in [0.5, 0.6) is 0 Å². The molecule has 0 radical (unpaired) electrons. The summed E-state index contributed by atoms with van der Waals surface area (Å²) in [5.74, 6) is 0.642. The number of hydrogen-bond acceptors (Lipinski definition) is 5. The van der Waals surface area contributed by atoms with Gasteiger partial charge in [-0.05, 0) is 25.1 Å². The highest BCUT2D eigenvalue weighted by atomic mass is 19.1. The first-order valence-electron chi connectivity index (χ1n) is 4.73. The summed E-state index contributed by atoms with van der Waals surface area (Å²) in [4.78, 5) is 4.00. The lowest BCUT2D eigenvalue weighted by Crippen LogP contribution is -2.03. The highest BCUT2D eigenvalue weighted by molar-refractivity contribution is 5.65. The number of halogens is 1. The molecule has 0 unspecified atom stereocenters. The van der Waals surface area contributed by atoms with Gasteiger partial charge >= 0.3 is 0 Å². The van der Waals surface area contributed by atoms with E-state index in [4.69, 9.17) is 10.3 Å². The van der Waals surface area contributed by atoms with E-state index in [1.54, 1.807) is 6.92 Å². The SMILES string of the molecule is Cc1noc(CNc2cc(F)ccc2N)n1. The third kappa shape index (κ3) is 2.28.